The molecule has 1 saturated heterocycles. The summed E-state index contributed by atoms with van der Waals surface area (Å²) in [4.78, 5) is 13.8. The van der Waals surface area contributed by atoms with E-state index in [0.29, 0.717) is 13.1 Å². The van der Waals surface area contributed by atoms with Gasteiger partial charge in [-0.05, 0) is 37.1 Å². The number of carbonyl (C=O) groups excluding carboxylic acids is 1. The summed E-state index contributed by atoms with van der Waals surface area (Å²) in [6.07, 6.45) is 0.452. The first-order chi connectivity index (χ1) is 9.06. The highest BCUT2D eigenvalue weighted by molar-refractivity contribution is 5.76. The topological polar surface area (TPSA) is 32.3 Å². The monoisotopic (exact) mass is 268 g/mol. The molecule has 2 rings (SSSR count). The molecule has 1 aliphatic rings. The molecule has 0 aromatic heterocycles. The van der Waals surface area contributed by atoms with Gasteiger partial charge in [-0.15, -0.1) is 0 Å². The number of amides is 1. The molecule has 104 valence electrons. The molecule has 5 heteroatoms. The summed E-state index contributed by atoms with van der Waals surface area (Å²) < 4.78 is 26.4. The normalized spacial score (nSPS) is 19.5. The van der Waals surface area contributed by atoms with E-state index in [1.807, 2.05) is 6.92 Å². The Kier molecular flexibility index (Phi) is 4.47. The fraction of sp³-hybridized carbons (Fsp3) is 0.500. The zero-order valence-corrected chi connectivity index (χ0v) is 11.0. The Labute approximate surface area is 111 Å². The quantitative estimate of drug-likeness (QED) is 0.905. The molecule has 19 heavy (non-hydrogen) atoms. The Bertz CT molecular complexity index is 465. The molecule has 1 fully saturated rings. The van der Waals surface area contributed by atoms with Crippen LogP contribution >= 0.6 is 0 Å². The molecule has 0 radical (unpaired) electrons. The third-order valence-corrected chi connectivity index (χ3v) is 3.34. The molecule has 1 aromatic rings. The SMILES string of the molecule is C[C@@H]1CN(C(=O)CCc2cc(F)ccc2F)CCN1. The van der Waals surface area contributed by atoms with Crippen LogP contribution in [0.25, 0.3) is 0 Å². The predicted octanol–water partition coefficient (Wildman–Crippen LogP) is 1.72. The molecule has 1 aliphatic heterocycles. The molecule has 0 aliphatic carbocycles. The summed E-state index contributed by atoms with van der Waals surface area (Å²) in [7, 11) is 0. The van der Waals surface area contributed by atoms with Gasteiger partial charge in [0.2, 0.25) is 5.91 Å². The maximum absolute atomic E-state index is 13.4. The van der Waals surface area contributed by atoms with Gasteiger partial charge in [0.25, 0.3) is 0 Å². The van der Waals surface area contributed by atoms with Gasteiger partial charge in [-0.1, -0.05) is 0 Å². The number of hydrogen-bond donors (Lipinski definition) is 1. The van der Waals surface area contributed by atoms with Gasteiger partial charge in [0.15, 0.2) is 0 Å². The van der Waals surface area contributed by atoms with Gasteiger partial charge in [-0.3, -0.25) is 4.79 Å². The lowest BCUT2D eigenvalue weighted by Gasteiger charge is -2.32. The van der Waals surface area contributed by atoms with Gasteiger partial charge in [0.1, 0.15) is 11.6 Å². The number of hydrogen-bond acceptors (Lipinski definition) is 2. The van der Waals surface area contributed by atoms with Crippen LogP contribution in [0.3, 0.4) is 0 Å². The molecule has 1 atom stereocenters. The Morgan fingerprint density at radius 1 is 1.47 bits per heavy atom. The van der Waals surface area contributed by atoms with Crippen LogP contribution in [0, 0.1) is 11.6 Å². The van der Waals surface area contributed by atoms with Gasteiger partial charge >= 0.3 is 0 Å². The number of nitrogens with one attached hydrogen (secondary N) is 1. The Morgan fingerprint density at radius 3 is 3.00 bits per heavy atom. The van der Waals surface area contributed by atoms with Crippen LogP contribution < -0.4 is 5.32 Å². The fourth-order valence-electron chi connectivity index (χ4n) is 2.29. The third kappa shape index (κ3) is 3.73. The highest BCUT2D eigenvalue weighted by Gasteiger charge is 2.20. The van der Waals surface area contributed by atoms with Crippen molar-refractivity contribution in [2.24, 2.45) is 0 Å². The number of carbonyl (C=O) groups is 1. The average molecular weight is 268 g/mol. The molecule has 0 bridgehead atoms. The van der Waals surface area contributed by atoms with E-state index in [4.69, 9.17) is 0 Å². The number of nitrogens with zero attached hydrogens (tertiary/aromatic N) is 1. The molecule has 3 nitrogen and oxygen atoms in total. The van der Waals surface area contributed by atoms with Crippen molar-refractivity contribution >= 4 is 5.91 Å². The van der Waals surface area contributed by atoms with Crippen molar-refractivity contribution in [3.05, 3.63) is 35.4 Å². The number of aryl methyl sites for hydroxylation is 1. The van der Waals surface area contributed by atoms with Crippen LogP contribution in [0.4, 0.5) is 8.78 Å². The zero-order chi connectivity index (χ0) is 13.8. The van der Waals surface area contributed by atoms with Crippen molar-refractivity contribution in [1.29, 1.82) is 0 Å². The molecule has 1 amide bonds. The van der Waals surface area contributed by atoms with Crippen molar-refractivity contribution in [3.8, 4) is 0 Å². The number of rotatable bonds is 3. The molecule has 0 unspecified atom stereocenters. The van der Waals surface area contributed by atoms with E-state index in [1.165, 1.54) is 0 Å². The van der Waals surface area contributed by atoms with E-state index in [9.17, 15) is 13.6 Å². The fourth-order valence-corrected chi connectivity index (χ4v) is 2.29. The van der Waals surface area contributed by atoms with Crippen LogP contribution in [-0.4, -0.2) is 36.5 Å². The van der Waals surface area contributed by atoms with Crippen LogP contribution in [0.5, 0.6) is 0 Å². The smallest absolute Gasteiger partial charge is 0.223 e. The summed E-state index contributed by atoms with van der Waals surface area (Å²) in [5.41, 5.74) is 0.261. The van der Waals surface area contributed by atoms with Crippen molar-refractivity contribution in [2.75, 3.05) is 19.6 Å². The van der Waals surface area contributed by atoms with Crippen molar-refractivity contribution in [1.82, 2.24) is 10.2 Å². The lowest BCUT2D eigenvalue weighted by molar-refractivity contribution is -0.132. The Morgan fingerprint density at radius 2 is 2.26 bits per heavy atom. The van der Waals surface area contributed by atoms with E-state index in [0.717, 1.165) is 24.7 Å². The molecule has 0 saturated carbocycles. The van der Waals surface area contributed by atoms with Gasteiger partial charge < -0.3 is 10.2 Å². The third-order valence-electron chi connectivity index (χ3n) is 3.34. The molecular weight excluding hydrogens is 250 g/mol. The molecule has 1 heterocycles. The van der Waals surface area contributed by atoms with E-state index in [-0.39, 0.29) is 30.4 Å². The second kappa shape index (κ2) is 6.10. The lowest BCUT2D eigenvalue weighted by Crippen LogP contribution is -2.51. The van der Waals surface area contributed by atoms with Crippen LogP contribution in [-0.2, 0) is 11.2 Å². The first-order valence-corrected chi connectivity index (χ1v) is 6.51. The minimum Gasteiger partial charge on any atom is -0.340 e. The average Bonchev–Trinajstić information content (AvgIpc) is 2.39. The van der Waals surface area contributed by atoms with E-state index >= 15 is 0 Å². The van der Waals surface area contributed by atoms with E-state index in [2.05, 4.69) is 5.32 Å². The predicted molar refractivity (Wildman–Crippen MR) is 68.7 cm³/mol. The van der Waals surface area contributed by atoms with Crippen molar-refractivity contribution in [3.63, 3.8) is 0 Å². The molecule has 1 aromatic carbocycles. The summed E-state index contributed by atoms with van der Waals surface area (Å²) in [5, 5.41) is 3.25. The maximum atomic E-state index is 13.4. The first kappa shape index (κ1) is 13.9. The molecule has 0 spiro atoms. The van der Waals surface area contributed by atoms with Gasteiger partial charge in [0.05, 0.1) is 0 Å². The van der Waals surface area contributed by atoms with Gasteiger partial charge in [-0.25, -0.2) is 8.78 Å². The summed E-state index contributed by atoms with van der Waals surface area (Å²) in [6.45, 7) is 4.15. The van der Waals surface area contributed by atoms with E-state index < -0.39 is 11.6 Å². The summed E-state index contributed by atoms with van der Waals surface area (Å²) in [6, 6.07) is 3.62. The molecule has 1 N–H and O–H groups in total. The largest absolute Gasteiger partial charge is 0.340 e. The highest BCUT2D eigenvalue weighted by atomic mass is 19.1. The number of benzene rings is 1. The lowest BCUT2D eigenvalue weighted by atomic mass is 10.1. The first-order valence-electron chi connectivity index (χ1n) is 6.51. The molecular formula is C14H18F2N2O. The van der Waals surface area contributed by atoms with Gasteiger partial charge in [-0.2, -0.15) is 0 Å². The Hall–Kier alpha value is -1.49. The standard InChI is InChI=1S/C14H18F2N2O/c1-10-9-18(7-6-17-10)14(19)5-2-11-8-12(15)3-4-13(11)16/h3-4,8,10,17H,2,5-7,9H2,1H3/t10-/m1/s1. The number of halogens is 2. The maximum Gasteiger partial charge on any atom is 0.223 e. The number of piperazine rings is 1. The van der Waals surface area contributed by atoms with Gasteiger partial charge in [0, 0.05) is 32.1 Å². The van der Waals surface area contributed by atoms with Crippen LogP contribution in [0.15, 0.2) is 18.2 Å². The minimum atomic E-state index is -0.473. The summed E-state index contributed by atoms with van der Waals surface area (Å²) >= 11 is 0. The second-order valence-corrected chi connectivity index (χ2v) is 4.93. The summed E-state index contributed by atoms with van der Waals surface area (Å²) in [5.74, 6) is -0.931. The van der Waals surface area contributed by atoms with E-state index in [1.54, 1.807) is 4.90 Å². The Balaban J connectivity index is 1.91. The van der Waals surface area contributed by atoms with Crippen LogP contribution in [0.2, 0.25) is 0 Å². The second-order valence-electron chi connectivity index (χ2n) is 4.93. The van der Waals surface area contributed by atoms with Crippen molar-refractivity contribution < 1.29 is 13.6 Å². The van der Waals surface area contributed by atoms with Crippen molar-refractivity contribution in [2.45, 2.75) is 25.8 Å². The van der Waals surface area contributed by atoms with Crippen LogP contribution in [0.1, 0.15) is 18.9 Å². The minimum absolute atomic E-state index is 0.00277. The zero-order valence-electron chi connectivity index (χ0n) is 11.0. The highest BCUT2D eigenvalue weighted by Crippen LogP contribution is 2.13.